The lowest BCUT2D eigenvalue weighted by Gasteiger charge is -2.31. The number of nitrogens with zero attached hydrogens (tertiary/aromatic N) is 5. The molecule has 1 atom stereocenters. The van der Waals surface area contributed by atoms with Crippen molar-refractivity contribution in [2.45, 2.75) is 38.1 Å². The van der Waals surface area contributed by atoms with Crippen molar-refractivity contribution in [2.24, 2.45) is 0 Å². The van der Waals surface area contributed by atoms with Gasteiger partial charge in [-0.2, -0.15) is 10.1 Å². The second kappa shape index (κ2) is 5.11. The van der Waals surface area contributed by atoms with Crippen LogP contribution >= 0.6 is 0 Å². The lowest BCUT2D eigenvalue weighted by atomic mass is 9.96. The third-order valence-electron chi connectivity index (χ3n) is 4.58. The number of carbonyl (C=O) groups is 1. The number of nitrogens with two attached hydrogens (primary N) is 1. The van der Waals surface area contributed by atoms with Gasteiger partial charge in [0, 0.05) is 25.6 Å². The monoisotopic (exact) mass is 301 g/mol. The van der Waals surface area contributed by atoms with Crippen LogP contribution < -0.4 is 5.73 Å². The number of nitrogens with one attached hydrogen (secondary N) is 1. The highest BCUT2D eigenvalue weighted by molar-refractivity contribution is 5.95. The molecule has 3 N–H and O–H groups in total. The second-order valence-corrected chi connectivity index (χ2v) is 6.00. The predicted molar refractivity (Wildman–Crippen MR) is 79.2 cm³/mol. The molecule has 0 saturated carbocycles. The van der Waals surface area contributed by atoms with Crippen LogP contribution in [0.25, 0.3) is 0 Å². The van der Waals surface area contributed by atoms with E-state index in [0.717, 1.165) is 55.9 Å². The molecule has 1 amide bonds. The maximum atomic E-state index is 12.8. The Bertz CT molecular complexity index is 704. The van der Waals surface area contributed by atoms with Crippen molar-refractivity contribution in [3.05, 3.63) is 23.3 Å². The van der Waals surface area contributed by atoms with Crippen LogP contribution in [0.15, 0.2) is 6.20 Å². The highest BCUT2D eigenvalue weighted by Gasteiger charge is 2.30. The standard InChI is InChI=1S/C14H19N7O/c15-14-17-12(18-19-14)9-3-1-5-20(8-9)13(22)10-7-16-21-6-2-4-11(10)21/h7,9H,1-6,8H2,(H3,15,17,18,19). The molecule has 1 saturated heterocycles. The van der Waals surface area contributed by atoms with Gasteiger partial charge in [-0.05, 0) is 25.7 Å². The van der Waals surface area contributed by atoms with Gasteiger partial charge in [0.05, 0.1) is 17.5 Å². The second-order valence-electron chi connectivity index (χ2n) is 6.00. The lowest BCUT2D eigenvalue weighted by molar-refractivity contribution is 0.0703. The minimum atomic E-state index is 0.0836. The van der Waals surface area contributed by atoms with Crippen molar-refractivity contribution in [1.29, 1.82) is 0 Å². The van der Waals surface area contributed by atoms with Gasteiger partial charge >= 0.3 is 0 Å². The Kier molecular flexibility index (Phi) is 3.09. The summed E-state index contributed by atoms with van der Waals surface area (Å²) in [5.41, 5.74) is 7.41. The van der Waals surface area contributed by atoms with Crippen LogP contribution in [0, 0.1) is 0 Å². The van der Waals surface area contributed by atoms with E-state index < -0.39 is 0 Å². The predicted octanol–water partition coefficient (Wildman–Crippen LogP) is 0.549. The Morgan fingerprint density at radius 1 is 1.36 bits per heavy atom. The van der Waals surface area contributed by atoms with Crippen molar-refractivity contribution >= 4 is 11.9 Å². The summed E-state index contributed by atoms with van der Waals surface area (Å²) in [4.78, 5) is 18.9. The molecule has 2 aliphatic heterocycles. The summed E-state index contributed by atoms with van der Waals surface area (Å²) < 4.78 is 1.95. The molecule has 8 nitrogen and oxygen atoms in total. The molecule has 0 aromatic carbocycles. The van der Waals surface area contributed by atoms with Crippen molar-refractivity contribution in [3.63, 3.8) is 0 Å². The fraction of sp³-hybridized carbons (Fsp3) is 0.571. The minimum absolute atomic E-state index is 0.0836. The first-order valence-corrected chi connectivity index (χ1v) is 7.74. The summed E-state index contributed by atoms with van der Waals surface area (Å²) in [5.74, 6) is 1.29. The normalized spacial score (nSPS) is 21.1. The Balaban J connectivity index is 1.53. The van der Waals surface area contributed by atoms with Gasteiger partial charge in [0.25, 0.3) is 5.91 Å². The molecular weight excluding hydrogens is 282 g/mol. The number of aromatic nitrogens is 5. The lowest BCUT2D eigenvalue weighted by Crippen LogP contribution is -2.39. The third-order valence-corrected chi connectivity index (χ3v) is 4.58. The largest absolute Gasteiger partial charge is 0.367 e. The van der Waals surface area contributed by atoms with E-state index in [1.165, 1.54) is 0 Å². The first kappa shape index (κ1) is 13.3. The first-order chi connectivity index (χ1) is 10.7. The number of anilines is 1. The van der Waals surface area contributed by atoms with Crippen LogP contribution in [0.4, 0.5) is 5.95 Å². The maximum absolute atomic E-state index is 12.8. The number of hydrogen-bond donors (Lipinski definition) is 2. The van der Waals surface area contributed by atoms with Gasteiger partial charge in [-0.15, -0.1) is 5.10 Å². The van der Waals surface area contributed by atoms with E-state index in [4.69, 9.17) is 5.73 Å². The first-order valence-electron chi connectivity index (χ1n) is 7.74. The molecule has 4 heterocycles. The summed E-state index contributed by atoms with van der Waals surface area (Å²) in [5, 5.41) is 11.1. The van der Waals surface area contributed by atoms with Gasteiger partial charge in [-0.25, -0.2) is 0 Å². The molecule has 22 heavy (non-hydrogen) atoms. The van der Waals surface area contributed by atoms with E-state index in [2.05, 4.69) is 20.3 Å². The molecular formula is C14H19N7O. The van der Waals surface area contributed by atoms with Crippen LogP contribution in [0.1, 0.15) is 47.1 Å². The van der Waals surface area contributed by atoms with Gasteiger partial charge in [-0.3, -0.25) is 14.6 Å². The SMILES string of the molecule is Nc1n[nH]c(C2CCCN(C(=O)c3cnn4c3CCC4)C2)n1. The molecule has 0 bridgehead atoms. The van der Waals surface area contributed by atoms with E-state index in [1.807, 2.05) is 9.58 Å². The summed E-state index contributed by atoms with van der Waals surface area (Å²) in [6.45, 7) is 2.35. The number of rotatable bonds is 2. The number of likely N-dealkylation sites (tertiary alicyclic amines) is 1. The summed E-state index contributed by atoms with van der Waals surface area (Å²) in [6, 6.07) is 0. The van der Waals surface area contributed by atoms with Crippen molar-refractivity contribution in [2.75, 3.05) is 18.8 Å². The average Bonchev–Trinajstić information content (AvgIpc) is 3.22. The highest BCUT2D eigenvalue weighted by Crippen LogP contribution is 2.27. The summed E-state index contributed by atoms with van der Waals surface area (Å²) >= 11 is 0. The number of piperidine rings is 1. The van der Waals surface area contributed by atoms with Gasteiger partial charge in [0.2, 0.25) is 5.95 Å². The number of aromatic amines is 1. The molecule has 4 rings (SSSR count). The van der Waals surface area contributed by atoms with Crippen LogP contribution in [0.2, 0.25) is 0 Å². The average molecular weight is 301 g/mol. The van der Waals surface area contributed by atoms with Crippen LogP contribution in [-0.2, 0) is 13.0 Å². The number of amides is 1. The number of aryl methyl sites for hydroxylation is 1. The van der Waals surface area contributed by atoms with Crippen LogP contribution in [0.5, 0.6) is 0 Å². The molecule has 0 radical (unpaired) electrons. The van der Waals surface area contributed by atoms with E-state index in [-0.39, 0.29) is 17.8 Å². The molecule has 0 spiro atoms. The van der Waals surface area contributed by atoms with Gasteiger partial charge < -0.3 is 10.6 Å². The number of hydrogen-bond acceptors (Lipinski definition) is 5. The Labute approximate surface area is 127 Å². The quantitative estimate of drug-likeness (QED) is 0.842. The number of fused-ring (bicyclic) bond motifs is 1. The van der Waals surface area contributed by atoms with E-state index in [0.29, 0.717) is 6.54 Å². The summed E-state index contributed by atoms with van der Waals surface area (Å²) in [6.07, 6.45) is 5.68. The molecule has 116 valence electrons. The molecule has 2 aromatic rings. The zero-order chi connectivity index (χ0) is 15.1. The molecule has 2 aromatic heterocycles. The topological polar surface area (TPSA) is 106 Å². The highest BCUT2D eigenvalue weighted by atomic mass is 16.2. The Morgan fingerprint density at radius 3 is 3.09 bits per heavy atom. The maximum Gasteiger partial charge on any atom is 0.257 e. The molecule has 0 aliphatic carbocycles. The van der Waals surface area contributed by atoms with Crippen molar-refractivity contribution in [1.82, 2.24) is 29.9 Å². The zero-order valence-corrected chi connectivity index (χ0v) is 12.3. The fourth-order valence-electron chi connectivity index (χ4n) is 3.47. The van der Waals surface area contributed by atoms with Crippen LogP contribution in [0.3, 0.4) is 0 Å². The van der Waals surface area contributed by atoms with Gasteiger partial charge in [-0.1, -0.05) is 0 Å². The van der Waals surface area contributed by atoms with Crippen molar-refractivity contribution in [3.8, 4) is 0 Å². The molecule has 8 heteroatoms. The number of H-pyrrole nitrogens is 1. The van der Waals surface area contributed by atoms with Gasteiger partial charge in [0.15, 0.2) is 0 Å². The van der Waals surface area contributed by atoms with Crippen LogP contribution in [-0.4, -0.2) is 48.9 Å². The zero-order valence-electron chi connectivity index (χ0n) is 12.3. The molecule has 1 fully saturated rings. The van der Waals surface area contributed by atoms with E-state index in [9.17, 15) is 4.79 Å². The smallest absolute Gasteiger partial charge is 0.257 e. The number of carbonyl (C=O) groups excluding carboxylic acids is 1. The molecule has 2 aliphatic rings. The minimum Gasteiger partial charge on any atom is -0.367 e. The number of nitrogen functional groups attached to an aromatic ring is 1. The Morgan fingerprint density at radius 2 is 2.27 bits per heavy atom. The van der Waals surface area contributed by atoms with E-state index in [1.54, 1.807) is 6.20 Å². The van der Waals surface area contributed by atoms with E-state index >= 15 is 0 Å². The summed E-state index contributed by atoms with van der Waals surface area (Å²) in [7, 11) is 0. The fourth-order valence-corrected chi connectivity index (χ4v) is 3.47. The van der Waals surface area contributed by atoms with Gasteiger partial charge in [0.1, 0.15) is 5.82 Å². The third kappa shape index (κ3) is 2.15. The molecule has 1 unspecified atom stereocenters. The van der Waals surface area contributed by atoms with Crippen molar-refractivity contribution < 1.29 is 4.79 Å². The Hall–Kier alpha value is -2.38.